The van der Waals surface area contributed by atoms with Crippen LogP contribution in [0, 0.1) is 0 Å². The van der Waals surface area contributed by atoms with Crippen molar-refractivity contribution in [3.05, 3.63) is 41.5 Å². The molecule has 0 saturated heterocycles. The lowest BCUT2D eigenvalue weighted by atomic mass is 9.99. The van der Waals surface area contributed by atoms with Crippen molar-refractivity contribution in [3.8, 4) is 0 Å². The Kier molecular flexibility index (Phi) is 6.66. The van der Waals surface area contributed by atoms with E-state index in [0.29, 0.717) is 18.1 Å². The average molecular weight is 345 g/mol. The zero-order chi connectivity index (χ0) is 14.0. The van der Waals surface area contributed by atoms with Gasteiger partial charge in [-0.25, -0.2) is 0 Å². The molecule has 0 amide bonds. The van der Waals surface area contributed by atoms with Crippen LogP contribution in [0.4, 0.5) is 5.69 Å². The molecular formula is C15H22Cl2N4O. The molecule has 0 atom stereocenters. The highest BCUT2D eigenvalue weighted by atomic mass is 35.5. The molecule has 0 unspecified atom stereocenters. The smallest absolute Gasteiger partial charge is 0.227 e. The Bertz CT molecular complexity index is 597. The number of aromatic nitrogens is 2. The molecule has 3 rings (SSSR count). The molecule has 22 heavy (non-hydrogen) atoms. The van der Waals surface area contributed by atoms with Crippen molar-refractivity contribution >= 4 is 30.5 Å². The maximum atomic E-state index is 6.32. The van der Waals surface area contributed by atoms with Gasteiger partial charge in [0.1, 0.15) is 0 Å². The topological polar surface area (TPSA) is 91.0 Å². The summed E-state index contributed by atoms with van der Waals surface area (Å²) in [5.41, 5.74) is 13.8. The van der Waals surface area contributed by atoms with Gasteiger partial charge >= 0.3 is 0 Å². The number of halogens is 2. The molecule has 0 radical (unpaired) electrons. The highest BCUT2D eigenvalue weighted by Crippen LogP contribution is 2.34. The standard InChI is InChI=1S/C15H20N4O.2ClH/c16-12-6-2-1-5-11(12)7-8-13-18-14(19-20-13)15(17)9-3-4-10-15;;/h1-2,5-6H,3-4,7-10,16-17H2;2*1H. The van der Waals surface area contributed by atoms with Crippen LogP contribution >= 0.6 is 24.8 Å². The third-order valence-electron chi connectivity index (χ3n) is 4.07. The molecule has 1 aliphatic carbocycles. The predicted octanol–water partition coefficient (Wildman–Crippen LogP) is 3.01. The molecule has 1 heterocycles. The fourth-order valence-electron chi connectivity index (χ4n) is 2.79. The van der Waals surface area contributed by atoms with E-state index in [0.717, 1.165) is 43.4 Å². The second-order valence-corrected chi connectivity index (χ2v) is 5.57. The zero-order valence-corrected chi connectivity index (χ0v) is 14.0. The minimum Gasteiger partial charge on any atom is -0.399 e. The highest BCUT2D eigenvalue weighted by Gasteiger charge is 2.35. The van der Waals surface area contributed by atoms with Gasteiger partial charge < -0.3 is 16.0 Å². The maximum Gasteiger partial charge on any atom is 0.227 e. The van der Waals surface area contributed by atoms with Crippen LogP contribution in [-0.2, 0) is 18.4 Å². The van der Waals surface area contributed by atoms with Gasteiger partial charge in [0.05, 0.1) is 5.54 Å². The quantitative estimate of drug-likeness (QED) is 0.831. The number of nitrogen functional groups attached to an aromatic ring is 1. The van der Waals surface area contributed by atoms with Crippen LogP contribution in [-0.4, -0.2) is 10.1 Å². The van der Waals surface area contributed by atoms with Crippen LogP contribution in [0.2, 0.25) is 0 Å². The molecular weight excluding hydrogens is 323 g/mol. The van der Waals surface area contributed by atoms with E-state index in [2.05, 4.69) is 10.1 Å². The summed E-state index contributed by atoms with van der Waals surface area (Å²) in [5.74, 6) is 1.30. The van der Waals surface area contributed by atoms with Crippen molar-refractivity contribution in [2.75, 3.05) is 5.73 Å². The number of hydrogen-bond acceptors (Lipinski definition) is 5. The summed E-state index contributed by atoms with van der Waals surface area (Å²) >= 11 is 0. The average Bonchev–Trinajstić information content (AvgIpc) is 3.08. The van der Waals surface area contributed by atoms with E-state index < -0.39 is 0 Å². The fourth-order valence-corrected chi connectivity index (χ4v) is 2.79. The van der Waals surface area contributed by atoms with E-state index in [4.69, 9.17) is 16.0 Å². The van der Waals surface area contributed by atoms with Gasteiger partial charge in [-0.2, -0.15) is 4.98 Å². The van der Waals surface area contributed by atoms with E-state index >= 15 is 0 Å². The summed E-state index contributed by atoms with van der Waals surface area (Å²) in [4.78, 5) is 4.47. The third-order valence-corrected chi connectivity index (χ3v) is 4.07. The number of benzene rings is 1. The van der Waals surface area contributed by atoms with Crippen molar-refractivity contribution in [1.82, 2.24) is 10.1 Å². The minimum atomic E-state index is -0.381. The SMILES string of the molecule is Cl.Cl.Nc1ccccc1CCc1nc(C2(N)CCCC2)no1. The lowest BCUT2D eigenvalue weighted by Crippen LogP contribution is -2.34. The molecule has 2 aromatic rings. The van der Waals surface area contributed by atoms with Crippen LogP contribution < -0.4 is 11.5 Å². The molecule has 4 N–H and O–H groups in total. The number of aryl methyl sites for hydroxylation is 2. The Morgan fingerprint density at radius 1 is 1.09 bits per heavy atom. The number of nitrogens with zero attached hydrogens (tertiary/aromatic N) is 2. The summed E-state index contributed by atoms with van der Waals surface area (Å²) in [7, 11) is 0. The van der Waals surface area contributed by atoms with Gasteiger partial charge in [-0.1, -0.05) is 36.2 Å². The summed E-state index contributed by atoms with van der Waals surface area (Å²) in [6, 6.07) is 7.84. The first-order valence-electron chi connectivity index (χ1n) is 7.13. The van der Waals surface area contributed by atoms with Crippen LogP contribution in [0.15, 0.2) is 28.8 Å². The van der Waals surface area contributed by atoms with Crippen LogP contribution in [0.5, 0.6) is 0 Å². The van der Waals surface area contributed by atoms with E-state index in [-0.39, 0.29) is 30.4 Å². The maximum absolute atomic E-state index is 6.32. The second-order valence-electron chi connectivity index (χ2n) is 5.57. The molecule has 1 aliphatic rings. The Labute approximate surface area is 142 Å². The molecule has 5 nitrogen and oxygen atoms in total. The van der Waals surface area contributed by atoms with E-state index in [9.17, 15) is 0 Å². The number of anilines is 1. The zero-order valence-electron chi connectivity index (χ0n) is 12.3. The van der Waals surface area contributed by atoms with Gasteiger partial charge in [0, 0.05) is 12.1 Å². The first kappa shape index (κ1) is 18.7. The van der Waals surface area contributed by atoms with Crippen molar-refractivity contribution in [2.24, 2.45) is 5.73 Å². The summed E-state index contributed by atoms with van der Waals surface area (Å²) < 4.78 is 5.32. The van der Waals surface area contributed by atoms with Gasteiger partial charge in [0.15, 0.2) is 5.82 Å². The molecule has 1 fully saturated rings. The molecule has 1 saturated carbocycles. The first-order valence-corrected chi connectivity index (χ1v) is 7.13. The Hall–Kier alpha value is -1.30. The monoisotopic (exact) mass is 344 g/mol. The van der Waals surface area contributed by atoms with E-state index in [1.807, 2.05) is 24.3 Å². The number of nitrogens with two attached hydrogens (primary N) is 2. The first-order chi connectivity index (χ1) is 9.67. The lowest BCUT2D eigenvalue weighted by molar-refractivity contribution is 0.348. The van der Waals surface area contributed by atoms with Crippen LogP contribution in [0.1, 0.15) is 43.0 Å². The molecule has 1 aromatic carbocycles. The predicted molar refractivity (Wildman–Crippen MR) is 91.4 cm³/mol. The Morgan fingerprint density at radius 3 is 2.45 bits per heavy atom. The Morgan fingerprint density at radius 2 is 1.77 bits per heavy atom. The van der Waals surface area contributed by atoms with Gasteiger partial charge in [-0.15, -0.1) is 24.8 Å². The third kappa shape index (κ3) is 3.91. The van der Waals surface area contributed by atoms with Gasteiger partial charge in [0.2, 0.25) is 5.89 Å². The van der Waals surface area contributed by atoms with Gasteiger partial charge in [-0.05, 0) is 30.9 Å². The Balaban J connectivity index is 0.00000121. The molecule has 0 bridgehead atoms. The van der Waals surface area contributed by atoms with Gasteiger partial charge in [0.25, 0.3) is 0 Å². The van der Waals surface area contributed by atoms with Crippen molar-refractivity contribution in [2.45, 2.75) is 44.1 Å². The van der Waals surface area contributed by atoms with Crippen molar-refractivity contribution in [1.29, 1.82) is 0 Å². The molecule has 0 spiro atoms. The number of hydrogen-bond donors (Lipinski definition) is 2. The van der Waals surface area contributed by atoms with Crippen molar-refractivity contribution < 1.29 is 4.52 Å². The number of rotatable bonds is 4. The summed E-state index contributed by atoms with van der Waals surface area (Å²) in [5, 5.41) is 4.06. The summed E-state index contributed by atoms with van der Waals surface area (Å²) in [6.07, 6.45) is 5.65. The van der Waals surface area contributed by atoms with Crippen LogP contribution in [0.25, 0.3) is 0 Å². The molecule has 7 heteroatoms. The van der Waals surface area contributed by atoms with Crippen LogP contribution in [0.3, 0.4) is 0 Å². The second kappa shape index (κ2) is 7.81. The van der Waals surface area contributed by atoms with E-state index in [1.54, 1.807) is 0 Å². The largest absolute Gasteiger partial charge is 0.399 e. The minimum absolute atomic E-state index is 0. The molecule has 122 valence electrons. The normalized spacial score (nSPS) is 15.9. The van der Waals surface area contributed by atoms with Crippen molar-refractivity contribution in [3.63, 3.8) is 0 Å². The number of para-hydroxylation sites is 1. The molecule has 1 aromatic heterocycles. The van der Waals surface area contributed by atoms with Gasteiger partial charge in [-0.3, -0.25) is 0 Å². The fraction of sp³-hybridized carbons (Fsp3) is 0.467. The lowest BCUT2D eigenvalue weighted by Gasteiger charge is -2.17. The summed E-state index contributed by atoms with van der Waals surface area (Å²) in [6.45, 7) is 0. The molecule has 0 aliphatic heterocycles. The highest BCUT2D eigenvalue weighted by molar-refractivity contribution is 5.85. The van der Waals surface area contributed by atoms with E-state index in [1.165, 1.54) is 0 Å².